The Bertz CT molecular complexity index is 2680. The Morgan fingerprint density at radius 3 is 1.28 bits per heavy atom. The van der Waals surface area contributed by atoms with E-state index in [1.807, 2.05) is 0 Å². The maximum Gasteiger partial charge on any atom is 0.0541 e. The molecule has 0 saturated carbocycles. The number of anilines is 3. The molecule has 0 fully saturated rings. The first-order chi connectivity index (χ1) is 26.4. The molecule has 0 aliphatic heterocycles. The van der Waals surface area contributed by atoms with Crippen LogP contribution >= 0.6 is 0 Å². The van der Waals surface area contributed by atoms with Crippen LogP contribution in [0.4, 0.5) is 17.1 Å². The predicted octanol–water partition coefficient (Wildman–Crippen LogP) is 14.6. The van der Waals surface area contributed by atoms with E-state index in [1.165, 1.54) is 66.4 Å². The van der Waals surface area contributed by atoms with Gasteiger partial charge in [-0.3, -0.25) is 0 Å². The first-order valence-corrected chi connectivity index (χ1v) is 18.8. The summed E-state index contributed by atoms with van der Waals surface area (Å²) in [4.78, 5) is 2.32. The summed E-state index contributed by atoms with van der Waals surface area (Å²) in [5, 5.41) is 2.56. The molecule has 0 radical (unpaired) electrons. The lowest BCUT2D eigenvalue weighted by Crippen LogP contribution is -2.10. The van der Waals surface area contributed by atoms with E-state index in [1.54, 1.807) is 0 Å². The van der Waals surface area contributed by atoms with Gasteiger partial charge >= 0.3 is 0 Å². The van der Waals surface area contributed by atoms with Crippen LogP contribution in [0.15, 0.2) is 200 Å². The first-order valence-electron chi connectivity index (χ1n) is 18.8. The van der Waals surface area contributed by atoms with E-state index in [2.05, 4.69) is 230 Å². The minimum atomic E-state index is 0.0645. The number of nitrogens with zero attached hydrogens (tertiary/aromatic N) is 2. The Morgan fingerprint density at radius 1 is 0.352 bits per heavy atom. The van der Waals surface area contributed by atoms with E-state index < -0.39 is 0 Å². The van der Waals surface area contributed by atoms with Gasteiger partial charge in [-0.25, -0.2) is 0 Å². The van der Waals surface area contributed by atoms with Crippen molar-refractivity contribution in [3.63, 3.8) is 0 Å². The molecule has 0 amide bonds. The Kier molecular flexibility index (Phi) is 8.44. The molecule has 0 saturated heterocycles. The van der Waals surface area contributed by atoms with Crippen molar-refractivity contribution in [2.24, 2.45) is 0 Å². The number of hydrogen-bond donors (Lipinski definition) is 0. The molecule has 0 aliphatic carbocycles. The first kappa shape index (κ1) is 33.2. The van der Waals surface area contributed by atoms with Crippen LogP contribution in [0.3, 0.4) is 0 Å². The zero-order valence-corrected chi connectivity index (χ0v) is 30.9. The third kappa shape index (κ3) is 6.27. The monoisotopic (exact) mass is 694 g/mol. The molecule has 9 rings (SSSR count). The Labute approximate surface area is 318 Å². The van der Waals surface area contributed by atoms with Crippen molar-refractivity contribution >= 4 is 38.9 Å². The molecule has 0 bridgehead atoms. The van der Waals surface area contributed by atoms with Crippen molar-refractivity contribution in [3.8, 4) is 39.1 Å². The summed E-state index contributed by atoms with van der Waals surface area (Å²) in [7, 11) is 0. The van der Waals surface area contributed by atoms with Gasteiger partial charge in [-0.1, -0.05) is 148 Å². The number of para-hydroxylation sites is 2. The van der Waals surface area contributed by atoms with Crippen molar-refractivity contribution < 1.29 is 0 Å². The lowest BCUT2D eigenvalue weighted by atomic mass is 9.86. The molecule has 0 N–H and O–H groups in total. The van der Waals surface area contributed by atoms with Gasteiger partial charge in [0.1, 0.15) is 0 Å². The molecule has 1 heterocycles. The van der Waals surface area contributed by atoms with Crippen molar-refractivity contribution in [2.45, 2.75) is 26.2 Å². The standard InChI is InChI=1S/C52H42N2/c1-52(2,3)43-28-34-51-49(36-43)48-35-42(27-33-50(48)54(51)45-17-11-6-12-18-45)41-21-19-38(20-22-41)40-25-31-47(32-26-40)53(44-15-9-5-10-16-44)46-29-23-39(24-30-46)37-13-7-4-8-14-37/h4-36H,1-3H3. The van der Waals surface area contributed by atoms with Gasteiger partial charge in [0.15, 0.2) is 0 Å². The van der Waals surface area contributed by atoms with Crippen LogP contribution in [-0.2, 0) is 5.41 Å². The topological polar surface area (TPSA) is 8.17 Å². The van der Waals surface area contributed by atoms with Gasteiger partial charge in [0.05, 0.1) is 11.0 Å². The summed E-state index contributed by atoms with van der Waals surface area (Å²) in [6, 6.07) is 72.5. The number of benzene rings is 8. The lowest BCUT2D eigenvalue weighted by molar-refractivity contribution is 0.591. The predicted molar refractivity (Wildman–Crippen MR) is 230 cm³/mol. The highest BCUT2D eigenvalue weighted by Crippen LogP contribution is 2.39. The van der Waals surface area contributed by atoms with Gasteiger partial charge in [0.25, 0.3) is 0 Å². The Hall–Kier alpha value is -6.64. The molecule has 0 aliphatic rings. The van der Waals surface area contributed by atoms with Crippen molar-refractivity contribution in [3.05, 3.63) is 206 Å². The fraction of sp³-hybridized carbons (Fsp3) is 0.0769. The van der Waals surface area contributed by atoms with E-state index in [0.29, 0.717) is 0 Å². The van der Waals surface area contributed by atoms with Crippen molar-refractivity contribution in [1.29, 1.82) is 0 Å². The number of fused-ring (bicyclic) bond motifs is 3. The smallest absolute Gasteiger partial charge is 0.0541 e. The Morgan fingerprint density at radius 2 is 0.741 bits per heavy atom. The van der Waals surface area contributed by atoms with Crippen LogP contribution in [0.1, 0.15) is 26.3 Å². The molecule has 8 aromatic carbocycles. The number of rotatable bonds is 7. The second-order valence-electron chi connectivity index (χ2n) is 15.1. The third-order valence-corrected chi connectivity index (χ3v) is 10.6. The Balaban J connectivity index is 1.03. The minimum absolute atomic E-state index is 0.0645. The second kappa shape index (κ2) is 13.7. The summed E-state index contributed by atoms with van der Waals surface area (Å²) in [5.74, 6) is 0. The van der Waals surface area contributed by atoms with Crippen LogP contribution < -0.4 is 4.90 Å². The van der Waals surface area contributed by atoms with Gasteiger partial charge in [-0.05, 0) is 117 Å². The molecule has 0 atom stereocenters. The average molecular weight is 695 g/mol. The molecule has 9 aromatic rings. The summed E-state index contributed by atoms with van der Waals surface area (Å²) in [5.41, 5.74) is 15.6. The summed E-state index contributed by atoms with van der Waals surface area (Å²) >= 11 is 0. The van der Waals surface area contributed by atoms with Crippen LogP contribution in [0.25, 0.3) is 60.9 Å². The fourth-order valence-electron chi connectivity index (χ4n) is 7.64. The van der Waals surface area contributed by atoms with E-state index >= 15 is 0 Å². The van der Waals surface area contributed by atoms with Crippen LogP contribution in [0.5, 0.6) is 0 Å². The summed E-state index contributed by atoms with van der Waals surface area (Å²) in [6.07, 6.45) is 0. The van der Waals surface area contributed by atoms with E-state index in [-0.39, 0.29) is 5.41 Å². The highest BCUT2D eigenvalue weighted by Gasteiger charge is 2.19. The van der Waals surface area contributed by atoms with Gasteiger partial charge in [-0.2, -0.15) is 0 Å². The zero-order chi connectivity index (χ0) is 36.6. The molecule has 0 spiro atoms. The molecule has 2 heteroatoms. The normalized spacial score (nSPS) is 11.6. The van der Waals surface area contributed by atoms with E-state index in [0.717, 1.165) is 17.1 Å². The van der Waals surface area contributed by atoms with Gasteiger partial charge in [0.2, 0.25) is 0 Å². The van der Waals surface area contributed by atoms with Gasteiger partial charge in [-0.15, -0.1) is 0 Å². The highest BCUT2D eigenvalue weighted by molar-refractivity contribution is 6.10. The molecule has 54 heavy (non-hydrogen) atoms. The fourth-order valence-corrected chi connectivity index (χ4v) is 7.64. The summed E-state index contributed by atoms with van der Waals surface area (Å²) < 4.78 is 2.40. The molecule has 0 unspecified atom stereocenters. The van der Waals surface area contributed by atoms with E-state index in [9.17, 15) is 0 Å². The van der Waals surface area contributed by atoms with Crippen LogP contribution in [0.2, 0.25) is 0 Å². The van der Waals surface area contributed by atoms with Gasteiger partial charge in [0, 0.05) is 33.5 Å². The summed E-state index contributed by atoms with van der Waals surface area (Å²) in [6.45, 7) is 6.86. The third-order valence-electron chi connectivity index (χ3n) is 10.6. The van der Waals surface area contributed by atoms with Crippen molar-refractivity contribution in [2.75, 3.05) is 4.90 Å². The largest absolute Gasteiger partial charge is 0.311 e. The molecule has 1 aromatic heterocycles. The zero-order valence-electron chi connectivity index (χ0n) is 30.9. The van der Waals surface area contributed by atoms with Gasteiger partial charge < -0.3 is 9.47 Å². The molecule has 2 nitrogen and oxygen atoms in total. The van der Waals surface area contributed by atoms with Crippen LogP contribution in [-0.4, -0.2) is 4.57 Å². The molecule has 260 valence electrons. The second-order valence-corrected chi connectivity index (χ2v) is 15.1. The highest BCUT2D eigenvalue weighted by atomic mass is 15.1. The SMILES string of the molecule is CC(C)(C)c1ccc2c(c1)c1cc(-c3ccc(-c4ccc(N(c5ccccc5)c5ccc(-c6ccccc6)cc5)cc4)cc3)ccc1n2-c1ccccc1. The maximum absolute atomic E-state index is 2.40. The number of aromatic nitrogens is 1. The maximum atomic E-state index is 2.40. The number of hydrogen-bond acceptors (Lipinski definition) is 1. The average Bonchev–Trinajstić information content (AvgIpc) is 3.55. The lowest BCUT2D eigenvalue weighted by Gasteiger charge is -2.26. The molecular formula is C52H42N2. The van der Waals surface area contributed by atoms with Crippen LogP contribution in [0, 0.1) is 0 Å². The minimum Gasteiger partial charge on any atom is -0.311 e. The molecular weight excluding hydrogens is 653 g/mol. The quantitative estimate of drug-likeness (QED) is 0.161. The van der Waals surface area contributed by atoms with E-state index in [4.69, 9.17) is 0 Å². The van der Waals surface area contributed by atoms with Crippen molar-refractivity contribution in [1.82, 2.24) is 4.57 Å².